The summed E-state index contributed by atoms with van der Waals surface area (Å²) in [4.78, 5) is 15.3. The first-order valence-corrected chi connectivity index (χ1v) is 17.6. The van der Waals surface area contributed by atoms with Gasteiger partial charge >= 0.3 is 16.1 Å². The average molecular weight is 644 g/mol. The van der Waals surface area contributed by atoms with Gasteiger partial charge in [0.15, 0.2) is 9.84 Å². The van der Waals surface area contributed by atoms with Gasteiger partial charge in [-0.1, -0.05) is 0 Å². The standard InChI is InChI=1S/C27H39N3O9P2S/c1-26(2,3)38-41(33,39-27(4,5)6)37-15-7-13-29-25-21-17-19(28)9-11-23(21)30-24-12-10-20(18-22(24)25)42(34,35)16-8-14-36-40(31)32/h9-12,17-18H,7-8,13-16,28H2,1-6H3,(H,29,30). The van der Waals surface area contributed by atoms with E-state index in [-0.39, 0.29) is 30.3 Å². The van der Waals surface area contributed by atoms with Gasteiger partial charge < -0.3 is 15.9 Å². The summed E-state index contributed by atoms with van der Waals surface area (Å²) < 4.78 is 71.4. The van der Waals surface area contributed by atoms with Gasteiger partial charge in [0.05, 0.1) is 45.2 Å². The first-order chi connectivity index (χ1) is 19.4. The van der Waals surface area contributed by atoms with Crippen LogP contribution in [0.1, 0.15) is 54.4 Å². The van der Waals surface area contributed by atoms with Crippen molar-refractivity contribution in [1.82, 2.24) is 4.98 Å². The number of phosphoric ester groups is 1. The highest BCUT2D eigenvalue weighted by Gasteiger charge is 2.37. The molecule has 0 amide bonds. The number of rotatable bonds is 14. The van der Waals surface area contributed by atoms with Crippen LogP contribution in [0.5, 0.6) is 0 Å². The third-order valence-electron chi connectivity index (χ3n) is 5.53. The van der Waals surface area contributed by atoms with Gasteiger partial charge in [-0.3, -0.25) is 13.6 Å². The van der Waals surface area contributed by atoms with E-state index in [4.69, 9.17) is 19.3 Å². The molecule has 0 saturated carbocycles. The molecule has 3 rings (SSSR count). The minimum absolute atomic E-state index is 0.0169. The molecule has 0 aliphatic heterocycles. The number of benzene rings is 2. The topological polar surface area (TPSA) is 179 Å². The van der Waals surface area contributed by atoms with Crippen LogP contribution in [-0.4, -0.2) is 50.1 Å². The van der Waals surface area contributed by atoms with Crippen LogP contribution in [-0.2, 0) is 37.1 Å². The van der Waals surface area contributed by atoms with Gasteiger partial charge in [-0.15, -0.1) is 4.52 Å². The number of phosphoric acid groups is 1. The van der Waals surface area contributed by atoms with Crippen LogP contribution in [0.3, 0.4) is 0 Å². The normalized spacial score (nSPS) is 13.5. The molecule has 0 radical (unpaired) electrons. The highest BCUT2D eigenvalue weighted by molar-refractivity contribution is 7.91. The molecule has 0 bridgehead atoms. The molecular formula is C27H39N3O9P2S. The molecule has 3 N–H and O–H groups in total. The van der Waals surface area contributed by atoms with E-state index < -0.39 is 37.1 Å². The zero-order valence-electron chi connectivity index (χ0n) is 24.7. The fourth-order valence-corrected chi connectivity index (χ4v) is 7.45. The molecule has 12 nitrogen and oxygen atoms in total. The van der Waals surface area contributed by atoms with E-state index in [1.807, 2.05) is 0 Å². The summed E-state index contributed by atoms with van der Waals surface area (Å²) in [6.45, 7) is 10.8. The Bertz CT molecular complexity index is 1570. The second-order valence-electron chi connectivity index (χ2n) is 11.6. The largest absolute Gasteiger partial charge is 0.566 e. The van der Waals surface area contributed by atoms with Crippen molar-refractivity contribution in [3.05, 3.63) is 36.4 Å². The lowest BCUT2D eigenvalue weighted by Gasteiger charge is -2.30. The van der Waals surface area contributed by atoms with Crippen molar-refractivity contribution in [2.45, 2.75) is 70.5 Å². The SMILES string of the molecule is CC(C)(C)OP(=O)(OCCCNc1c2cc(N)ccc2nc2ccc(S(=O)(=O)CCCO[P+](=O)[O-])cc12)OC(C)(C)C. The van der Waals surface area contributed by atoms with Gasteiger partial charge in [0.2, 0.25) is 0 Å². The molecule has 0 aliphatic rings. The van der Waals surface area contributed by atoms with Crippen molar-refractivity contribution >= 4 is 59.1 Å². The molecule has 0 spiro atoms. The number of anilines is 2. The van der Waals surface area contributed by atoms with Gasteiger partial charge in [-0.25, -0.2) is 18.0 Å². The van der Waals surface area contributed by atoms with E-state index in [0.717, 1.165) is 0 Å². The number of nitrogens with zero attached hydrogens (tertiary/aromatic N) is 1. The summed E-state index contributed by atoms with van der Waals surface area (Å²) in [5.74, 6) is -0.289. The molecule has 0 aliphatic carbocycles. The maximum absolute atomic E-state index is 13.3. The summed E-state index contributed by atoms with van der Waals surface area (Å²) in [5.41, 5.74) is 6.92. The van der Waals surface area contributed by atoms with Crippen LogP contribution in [0.4, 0.5) is 11.4 Å². The van der Waals surface area contributed by atoms with Crippen LogP contribution in [0.2, 0.25) is 0 Å². The Kier molecular flexibility index (Phi) is 11.1. The molecule has 15 heteroatoms. The van der Waals surface area contributed by atoms with Crippen LogP contribution < -0.4 is 15.9 Å². The van der Waals surface area contributed by atoms with Crippen molar-refractivity contribution in [3.8, 4) is 0 Å². The lowest BCUT2D eigenvalue weighted by molar-refractivity contribution is -0.185. The van der Waals surface area contributed by atoms with E-state index in [0.29, 0.717) is 46.1 Å². The molecule has 0 fully saturated rings. The summed E-state index contributed by atoms with van der Waals surface area (Å²) in [5, 5.41) is 4.61. The van der Waals surface area contributed by atoms with E-state index in [1.54, 1.807) is 65.8 Å². The molecule has 0 saturated heterocycles. The minimum atomic E-state index is -3.87. The van der Waals surface area contributed by atoms with Gasteiger partial charge in [-0.05, 0) is 95.3 Å². The lowest BCUT2D eigenvalue weighted by Crippen LogP contribution is -2.25. The zero-order chi connectivity index (χ0) is 31.3. The minimum Gasteiger partial charge on any atom is -0.566 e. The average Bonchev–Trinajstić information content (AvgIpc) is 2.83. The fraction of sp³-hybridized carbons (Fsp3) is 0.519. The highest BCUT2D eigenvalue weighted by atomic mass is 32.2. The maximum atomic E-state index is 13.3. The molecular weight excluding hydrogens is 604 g/mol. The number of nitrogens with two attached hydrogens (primary N) is 1. The predicted molar refractivity (Wildman–Crippen MR) is 162 cm³/mol. The highest BCUT2D eigenvalue weighted by Crippen LogP contribution is 2.55. The Morgan fingerprint density at radius 3 is 2.14 bits per heavy atom. The van der Waals surface area contributed by atoms with Gasteiger partial charge in [-0.2, -0.15) is 0 Å². The molecule has 1 atom stereocenters. The van der Waals surface area contributed by atoms with Crippen LogP contribution in [0.15, 0.2) is 41.3 Å². The number of nitrogen functional groups attached to an aromatic ring is 1. The molecule has 1 aromatic heterocycles. The Balaban J connectivity index is 1.85. The quantitative estimate of drug-likeness (QED) is 0.0945. The fourth-order valence-electron chi connectivity index (χ4n) is 4.03. The third kappa shape index (κ3) is 10.2. The Morgan fingerprint density at radius 2 is 1.55 bits per heavy atom. The lowest BCUT2D eigenvalue weighted by atomic mass is 10.1. The van der Waals surface area contributed by atoms with Crippen LogP contribution >= 0.6 is 16.1 Å². The first-order valence-electron chi connectivity index (χ1n) is 13.4. The smallest absolute Gasteiger partial charge is 0.488 e. The third-order valence-corrected chi connectivity index (χ3v) is 9.76. The number of sulfone groups is 1. The zero-order valence-corrected chi connectivity index (χ0v) is 27.3. The Labute approximate surface area is 247 Å². The van der Waals surface area contributed by atoms with Crippen molar-refractivity contribution < 1.29 is 40.5 Å². The van der Waals surface area contributed by atoms with Gasteiger partial charge in [0.25, 0.3) is 0 Å². The molecule has 1 unspecified atom stereocenters. The number of hydrogen-bond acceptors (Lipinski definition) is 12. The monoisotopic (exact) mass is 643 g/mol. The summed E-state index contributed by atoms with van der Waals surface area (Å²) in [7, 11) is -10.6. The molecule has 232 valence electrons. The van der Waals surface area contributed by atoms with E-state index in [2.05, 4.69) is 14.8 Å². The van der Waals surface area contributed by atoms with Crippen molar-refractivity contribution in [3.63, 3.8) is 0 Å². The van der Waals surface area contributed by atoms with Gasteiger partial charge in [0, 0.05) is 23.0 Å². The summed E-state index contributed by atoms with van der Waals surface area (Å²) in [6, 6.07) is 9.91. The number of pyridine rings is 1. The number of fused-ring (bicyclic) bond motifs is 2. The molecule has 42 heavy (non-hydrogen) atoms. The Hall–Kier alpha value is -2.21. The number of hydrogen-bond donors (Lipinski definition) is 2. The predicted octanol–water partition coefficient (Wildman–Crippen LogP) is 5.73. The van der Waals surface area contributed by atoms with E-state index in [1.165, 1.54) is 12.1 Å². The van der Waals surface area contributed by atoms with Crippen LogP contribution in [0.25, 0.3) is 21.8 Å². The first kappa shape index (κ1) is 34.3. The summed E-state index contributed by atoms with van der Waals surface area (Å²) >= 11 is 0. The molecule has 1 heterocycles. The number of nitrogens with one attached hydrogen (secondary N) is 1. The Morgan fingerprint density at radius 1 is 0.952 bits per heavy atom. The van der Waals surface area contributed by atoms with E-state index >= 15 is 0 Å². The summed E-state index contributed by atoms with van der Waals surface area (Å²) in [6.07, 6.45) is 0.432. The van der Waals surface area contributed by atoms with E-state index in [9.17, 15) is 22.4 Å². The molecule has 2 aromatic carbocycles. The molecule has 3 aromatic rings. The second kappa shape index (κ2) is 13.6. The van der Waals surface area contributed by atoms with Crippen LogP contribution in [0, 0.1) is 0 Å². The van der Waals surface area contributed by atoms with Gasteiger partial charge in [0.1, 0.15) is 6.61 Å². The van der Waals surface area contributed by atoms with Crippen molar-refractivity contribution in [2.24, 2.45) is 0 Å². The van der Waals surface area contributed by atoms with Crippen molar-refractivity contribution in [2.75, 3.05) is 36.6 Å². The second-order valence-corrected chi connectivity index (χ2v) is 16.0. The number of aromatic nitrogens is 1. The maximum Gasteiger partial charge on any atom is 0.488 e. The van der Waals surface area contributed by atoms with Crippen molar-refractivity contribution in [1.29, 1.82) is 0 Å².